The lowest BCUT2D eigenvalue weighted by Gasteiger charge is -2.12. The van der Waals surface area contributed by atoms with Gasteiger partial charge in [-0.1, -0.05) is 32.4 Å². The molecule has 0 radical (unpaired) electrons. The molecule has 0 aliphatic heterocycles. The van der Waals surface area contributed by atoms with Gasteiger partial charge in [-0.3, -0.25) is 0 Å². The van der Waals surface area contributed by atoms with Gasteiger partial charge in [0, 0.05) is 29.7 Å². The number of nitrogens with zero attached hydrogens (tertiary/aromatic N) is 1. The van der Waals surface area contributed by atoms with E-state index in [1.54, 1.807) is 7.11 Å². The molecule has 29 heavy (non-hydrogen) atoms. The monoisotopic (exact) mass is 394 g/mol. The Bertz CT molecular complexity index is 977. The summed E-state index contributed by atoms with van der Waals surface area (Å²) < 4.78 is 7.62. The number of nitrogens with two attached hydrogens (primary N) is 1. The number of rotatable bonds is 8. The number of carbonyl (C=O) groups excluding carboxylic acids is 1. The maximum atomic E-state index is 12.0. The molecule has 4 N–H and O–H groups in total. The number of hydrogen-bond acceptors (Lipinski definition) is 3. The number of benzene rings is 2. The van der Waals surface area contributed by atoms with Crippen molar-refractivity contribution in [2.75, 3.05) is 24.7 Å². The Morgan fingerprint density at radius 3 is 2.52 bits per heavy atom. The minimum Gasteiger partial charge on any atom is -0.497 e. The highest BCUT2D eigenvalue weighted by Crippen LogP contribution is 2.38. The highest BCUT2D eigenvalue weighted by Gasteiger charge is 2.17. The molecule has 0 bridgehead atoms. The highest BCUT2D eigenvalue weighted by molar-refractivity contribution is 6.01. The number of aryl methyl sites for hydroxylation is 1. The van der Waals surface area contributed by atoms with Crippen LogP contribution in [0, 0.1) is 0 Å². The number of amides is 2. The number of methoxy groups -OCH3 is 1. The molecule has 0 aliphatic rings. The summed E-state index contributed by atoms with van der Waals surface area (Å²) in [6.45, 7) is 5.80. The van der Waals surface area contributed by atoms with E-state index in [4.69, 9.17) is 10.5 Å². The number of hydrogen-bond donors (Lipinski definition) is 3. The van der Waals surface area contributed by atoms with Gasteiger partial charge in [-0.25, -0.2) is 4.79 Å². The van der Waals surface area contributed by atoms with Crippen molar-refractivity contribution in [2.24, 2.45) is 0 Å². The molecule has 0 spiro atoms. The topological polar surface area (TPSA) is 81.3 Å². The van der Waals surface area contributed by atoms with Gasteiger partial charge in [-0.05, 0) is 43.2 Å². The maximum absolute atomic E-state index is 12.0. The Kier molecular flexibility index (Phi) is 6.65. The Labute approximate surface area is 172 Å². The molecule has 0 atom stereocenters. The van der Waals surface area contributed by atoms with Gasteiger partial charge in [-0.15, -0.1) is 0 Å². The molecule has 3 aromatic rings. The SMILES string of the molecule is CCCCNC(=O)Nc1ccc(-c2c(N)c3cc(OC)ccc3n2CCC)cc1. The predicted molar refractivity (Wildman–Crippen MR) is 121 cm³/mol. The molecule has 0 aliphatic carbocycles. The zero-order chi connectivity index (χ0) is 20.8. The summed E-state index contributed by atoms with van der Waals surface area (Å²) in [5.41, 5.74) is 11.2. The van der Waals surface area contributed by atoms with Crippen molar-refractivity contribution in [1.29, 1.82) is 0 Å². The summed E-state index contributed by atoms with van der Waals surface area (Å²) >= 11 is 0. The minimum absolute atomic E-state index is 0.182. The van der Waals surface area contributed by atoms with Crippen molar-refractivity contribution < 1.29 is 9.53 Å². The van der Waals surface area contributed by atoms with Gasteiger partial charge in [0.25, 0.3) is 0 Å². The number of nitrogens with one attached hydrogen (secondary N) is 2. The molecule has 1 heterocycles. The van der Waals surface area contributed by atoms with Gasteiger partial charge in [0.2, 0.25) is 0 Å². The van der Waals surface area contributed by atoms with E-state index in [2.05, 4.69) is 35.1 Å². The van der Waals surface area contributed by atoms with Crippen LogP contribution < -0.4 is 21.1 Å². The first-order valence-corrected chi connectivity index (χ1v) is 10.2. The fraction of sp³-hybridized carbons (Fsp3) is 0.348. The standard InChI is InChI=1S/C23H30N4O2/c1-4-6-13-25-23(28)26-17-9-7-16(8-10-17)22-21(24)19-15-18(29-3)11-12-20(19)27(22)14-5-2/h7-12,15H,4-6,13-14,24H2,1-3H3,(H2,25,26,28). The van der Waals surface area contributed by atoms with Crippen LogP contribution in [0.15, 0.2) is 42.5 Å². The largest absolute Gasteiger partial charge is 0.497 e. The van der Waals surface area contributed by atoms with E-state index in [0.29, 0.717) is 6.54 Å². The molecule has 2 aromatic carbocycles. The molecule has 6 heteroatoms. The van der Waals surface area contributed by atoms with E-state index in [9.17, 15) is 4.79 Å². The molecule has 3 rings (SSSR count). The maximum Gasteiger partial charge on any atom is 0.319 e. The van der Waals surface area contributed by atoms with E-state index in [1.807, 2.05) is 36.4 Å². The summed E-state index contributed by atoms with van der Waals surface area (Å²) in [4.78, 5) is 12.0. The first-order valence-electron chi connectivity index (χ1n) is 10.2. The molecule has 0 saturated carbocycles. The first-order chi connectivity index (χ1) is 14.1. The number of fused-ring (bicyclic) bond motifs is 1. The van der Waals surface area contributed by atoms with E-state index in [1.165, 1.54) is 0 Å². The molecular formula is C23H30N4O2. The van der Waals surface area contributed by atoms with Crippen LogP contribution in [0.3, 0.4) is 0 Å². The normalized spacial score (nSPS) is 10.9. The second kappa shape index (κ2) is 9.37. The van der Waals surface area contributed by atoms with Gasteiger partial charge in [0.1, 0.15) is 5.75 Å². The van der Waals surface area contributed by atoms with Crippen LogP contribution in [0.2, 0.25) is 0 Å². The number of nitrogen functional groups attached to an aromatic ring is 1. The lowest BCUT2D eigenvalue weighted by atomic mass is 10.1. The lowest BCUT2D eigenvalue weighted by Crippen LogP contribution is -2.29. The summed E-state index contributed by atoms with van der Waals surface area (Å²) in [5, 5.41) is 6.72. The Balaban J connectivity index is 1.90. The van der Waals surface area contributed by atoms with Crippen molar-refractivity contribution in [2.45, 2.75) is 39.7 Å². The quantitative estimate of drug-likeness (QED) is 0.458. The number of urea groups is 1. The number of anilines is 2. The Hall–Kier alpha value is -3.15. The van der Waals surface area contributed by atoms with Crippen LogP contribution in [0.5, 0.6) is 5.75 Å². The van der Waals surface area contributed by atoms with Crippen LogP contribution in [-0.2, 0) is 6.54 Å². The molecule has 154 valence electrons. The fourth-order valence-electron chi connectivity index (χ4n) is 3.52. The van der Waals surface area contributed by atoms with Crippen molar-refractivity contribution in [1.82, 2.24) is 9.88 Å². The fourth-order valence-corrected chi connectivity index (χ4v) is 3.52. The van der Waals surface area contributed by atoms with Crippen LogP contribution in [-0.4, -0.2) is 24.3 Å². The molecule has 0 unspecified atom stereocenters. The molecule has 0 saturated heterocycles. The van der Waals surface area contributed by atoms with Crippen LogP contribution in [0.25, 0.3) is 22.2 Å². The number of unbranched alkanes of at least 4 members (excludes halogenated alkanes) is 1. The van der Waals surface area contributed by atoms with E-state index in [0.717, 1.165) is 65.1 Å². The van der Waals surface area contributed by atoms with E-state index >= 15 is 0 Å². The average molecular weight is 395 g/mol. The summed E-state index contributed by atoms with van der Waals surface area (Å²) in [7, 11) is 1.66. The van der Waals surface area contributed by atoms with Gasteiger partial charge < -0.3 is 25.7 Å². The Morgan fingerprint density at radius 2 is 1.86 bits per heavy atom. The van der Waals surface area contributed by atoms with Crippen LogP contribution in [0.1, 0.15) is 33.1 Å². The van der Waals surface area contributed by atoms with Crippen LogP contribution in [0.4, 0.5) is 16.2 Å². The minimum atomic E-state index is -0.182. The van der Waals surface area contributed by atoms with Gasteiger partial charge in [0.05, 0.1) is 24.0 Å². The zero-order valence-electron chi connectivity index (χ0n) is 17.4. The summed E-state index contributed by atoms with van der Waals surface area (Å²) in [5.74, 6) is 0.790. The van der Waals surface area contributed by atoms with E-state index in [-0.39, 0.29) is 6.03 Å². The zero-order valence-corrected chi connectivity index (χ0v) is 17.4. The molecule has 6 nitrogen and oxygen atoms in total. The van der Waals surface area contributed by atoms with Gasteiger partial charge >= 0.3 is 6.03 Å². The first kappa shape index (κ1) is 20.6. The van der Waals surface area contributed by atoms with Crippen LogP contribution >= 0.6 is 0 Å². The van der Waals surface area contributed by atoms with Gasteiger partial charge in [0.15, 0.2) is 0 Å². The number of aromatic nitrogens is 1. The third-order valence-electron chi connectivity index (χ3n) is 4.99. The molecule has 1 aromatic heterocycles. The van der Waals surface area contributed by atoms with Crippen molar-refractivity contribution in [3.05, 3.63) is 42.5 Å². The van der Waals surface area contributed by atoms with E-state index < -0.39 is 0 Å². The summed E-state index contributed by atoms with van der Waals surface area (Å²) in [6, 6.07) is 13.6. The van der Waals surface area contributed by atoms with Gasteiger partial charge in [-0.2, -0.15) is 0 Å². The number of carbonyl (C=O) groups is 1. The second-order valence-electron chi connectivity index (χ2n) is 7.11. The highest BCUT2D eigenvalue weighted by atomic mass is 16.5. The van der Waals surface area contributed by atoms with Crippen molar-refractivity contribution in [3.63, 3.8) is 0 Å². The van der Waals surface area contributed by atoms with Crippen molar-refractivity contribution in [3.8, 4) is 17.0 Å². The third kappa shape index (κ3) is 4.47. The molecule has 0 fully saturated rings. The van der Waals surface area contributed by atoms with Crippen molar-refractivity contribution >= 4 is 28.3 Å². The smallest absolute Gasteiger partial charge is 0.319 e. The Morgan fingerprint density at radius 1 is 1.10 bits per heavy atom. The summed E-state index contributed by atoms with van der Waals surface area (Å²) in [6.07, 6.45) is 3.02. The molecular weight excluding hydrogens is 364 g/mol. The lowest BCUT2D eigenvalue weighted by molar-refractivity contribution is 0.252. The average Bonchev–Trinajstić information content (AvgIpc) is 3.00. The predicted octanol–water partition coefficient (Wildman–Crippen LogP) is 5.23. The third-order valence-corrected chi connectivity index (χ3v) is 4.99. The molecule has 2 amide bonds. The second-order valence-corrected chi connectivity index (χ2v) is 7.11. The number of ether oxygens (including phenoxy) is 1.